The number of amides is 1. The van der Waals surface area contributed by atoms with Crippen LogP contribution in [-0.2, 0) is 10.0 Å². The van der Waals surface area contributed by atoms with Crippen molar-refractivity contribution in [3.05, 3.63) is 95.3 Å². The van der Waals surface area contributed by atoms with Crippen LogP contribution in [0.4, 0.5) is 10.1 Å². The maximum absolute atomic E-state index is 13.6. The van der Waals surface area contributed by atoms with Crippen LogP contribution >= 0.6 is 0 Å². The summed E-state index contributed by atoms with van der Waals surface area (Å²) in [5.41, 5.74) is 2.57. The number of aryl methyl sites for hydroxylation is 1. The molecule has 1 amide bonds. The smallest absolute Gasteiger partial charge is 0.261 e. The summed E-state index contributed by atoms with van der Waals surface area (Å²) in [6.45, 7) is 2.19. The molecule has 168 valence electrons. The van der Waals surface area contributed by atoms with Crippen molar-refractivity contribution >= 4 is 21.6 Å². The van der Waals surface area contributed by atoms with Gasteiger partial charge in [-0.3, -0.25) is 9.52 Å². The Morgan fingerprint density at radius 1 is 1.00 bits per heavy atom. The lowest BCUT2D eigenvalue weighted by molar-refractivity contribution is 0.0942. The summed E-state index contributed by atoms with van der Waals surface area (Å²) >= 11 is 0. The van der Waals surface area contributed by atoms with Crippen LogP contribution < -0.4 is 10.0 Å². The maximum Gasteiger partial charge on any atom is 0.261 e. The zero-order chi connectivity index (χ0) is 23.3. The Balaban J connectivity index is 1.67. The quantitative estimate of drug-likeness (QED) is 0.539. The normalized spacial score (nSPS) is 12.4. The molecule has 8 heteroatoms. The monoisotopic (exact) mass is 455 g/mol. The molecule has 0 unspecified atom stereocenters. The van der Waals surface area contributed by atoms with Crippen LogP contribution in [0.1, 0.15) is 27.5 Å². The summed E-state index contributed by atoms with van der Waals surface area (Å²) in [4.78, 5) is 14.5. The van der Waals surface area contributed by atoms with E-state index in [1.165, 1.54) is 36.4 Å². The van der Waals surface area contributed by atoms with Gasteiger partial charge in [-0.25, -0.2) is 12.8 Å². The molecule has 0 aliphatic heterocycles. The second-order valence-electron chi connectivity index (χ2n) is 7.74. The highest BCUT2D eigenvalue weighted by molar-refractivity contribution is 7.92. The van der Waals surface area contributed by atoms with Gasteiger partial charge in [-0.1, -0.05) is 29.8 Å². The molecule has 3 aromatic carbocycles. The van der Waals surface area contributed by atoms with Crippen molar-refractivity contribution < 1.29 is 17.6 Å². The summed E-state index contributed by atoms with van der Waals surface area (Å²) < 4.78 is 41.3. The fourth-order valence-corrected chi connectivity index (χ4v) is 4.28. The average Bonchev–Trinajstić information content (AvgIpc) is 2.75. The SMILES string of the molecule is Cc1ccc(NS(=O)(=O)c2ccc(C(=O)NC[C@H](c3cccc(F)c3)N(C)C)cc2)cc1. The molecule has 0 radical (unpaired) electrons. The molecule has 1 atom stereocenters. The van der Waals surface area contributed by atoms with Crippen molar-refractivity contribution in [2.24, 2.45) is 0 Å². The third kappa shape index (κ3) is 5.93. The first kappa shape index (κ1) is 23.4. The van der Waals surface area contributed by atoms with E-state index in [9.17, 15) is 17.6 Å². The Morgan fingerprint density at radius 3 is 2.25 bits per heavy atom. The first-order chi connectivity index (χ1) is 15.2. The van der Waals surface area contributed by atoms with Crippen LogP contribution in [0.3, 0.4) is 0 Å². The zero-order valence-corrected chi connectivity index (χ0v) is 19.0. The minimum absolute atomic E-state index is 0.0561. The lowest BCUT2D eigenvalue weighted by atomic mass is 10.1. The topological polar surface area (TPSA) is 78.5 Å². The van der Waals surface area contributed by atoms with Gasteiger partial charge in [0.05, 0.1) is 10.9 Å². The van der Waals surface area contributed by atoms with E-state index >= 15 is 0 Å². The number of carbonyl (C=O) groups excluding carboxylic acids is 1. The van der Waals surface area contributed by atoms with Gasteiger partial charge in [0.25, 0.3) is 15.9 Å². The molecule has 3 aromatic rings. The maximum atomic E-state index is 13.6. The van der Waals surface area contributed by atoms with Gasteiger partial charge in [0.1, 0.15) is 5.82 Å². The Bertz CT molecular complexity index is 1180. The molecule has 32 heavy (non-hydrogen) atoms. The van der Waals surface area contributed by atoms with Gasteiger partial charge in [-0.2, -0.15) is 0 Å². The Kier molecular flexibility index (Phi) is 7.27. The van der Waals surface area contributed by atoms with E-state index < -0.39 is 10.0 Å². The molecule has 0 aromatic heterocycles. The van der Waals surface area contributed by atoms with Crippen molar-refractivity contribution in [1.82, 2.24) is 10.2 Å². The molecule has 0 saturated carbocycles. The number of sulfonamides is 1. The fourth-order valence-electron chi connectivity index (χ4n) is 3.23. The fraction of sp³-hybridized carbons (Fsp3) is 0.208. The van der Waals surface area contributed by atoms with Gasteiger partial charge >= 0.3 is 0 Å². The van der Waals surface area contributed by atoms with Crippen LogP contribution in [0.5, 0.6) is 0 Å². The van der Waals surface area contributed by atoms with Crippen LogP contribution in [0.15, 0.2) is 77.7 Å². The van der Waals surface area contributed by atoms with E-state index in [2.05, 4.69) is 10.0 Å². The number of anilines is 1. The predicted octanol–water partition coefficient (Wildman–Crippen LogP) is 3.97. The molecule has 0 saturated heterocycles. The van der Waals surface area contributed by atoms with Crippen molar-refractivity contribution in [1.29, 1.82) is 0 Å². The number of nitrogens with one attached hydrogen (secondary N) is 2. The summed E-state index contributed by atoms with van der Waals surface area (Å²) in [6, 6.07) is 18.8. The zero-order valence-electron chi connectivity index (χ0n) is 18.2. The highest BCUT2D eigenvalue weighted by Gasteiger charge is 2.18. The van der Waals surface area contributed by atoms with E-state index in [1.807, 2.05) is 38.1 Å². The number of carbonyl (C=O) groups is 1. The Labute approximate surface area is 188 Å². The number of likely N-dealkylation sites (N-methyl/N-ethyl adjacent to an activating group) is 1. The van der Waals surface area contributed by atoms with Gasteiger partial charge < -0.3 is 10.2 Å². The van der Waals surface area contributed by atoms with E-state index in [4.69, 9.17) is 0 Å². The van der Waals surface area contributed by atoms with Crippen LogP contribution in [0.25, 0.3) is 0 Å². The predicted molar refractivity (Wildman–Crippen MR) is 124 cm³/mol. The Hall–Kier alpha value is -3.23. The third-order valence-electron chi connectivity index (χ3n) is 5.04. The van der Waals surface area contributed by atoms with E-state index in [1.54, 1.807) is 24.3 Å². The molecule has 0 heterocycles. The van der Waals surface area contributed by atoms with Crippen LogP contribution in [0.2, 0.25) is 0 Å². The third-order valence-corrected chi connectivity index (χ3v) is 6.44. The molecule has 0 bridgehead atoms. The van der Waals surface area contributed by atoms with Crippen LogP contribution in [0, 0.1) is 12.7 Å². The van der Waals surface area contributed by atoms with Crippen LogP contribution in [-0.4, -0.2) is 39.9 Å². The largest absolute Gasteiger partial charge is 0.350 e. The van der Waals surface area contributed by atoms with Gasteiger partial charge in [0.15, 0.2) is 0 Å². The van der Waals surface area contributed by atoms with Crippen molar-refractivity contribution in [2.75, 3.05) is 25.4 Å². The molecular formula is C24H26FN3O3S. The number of halogens is 1. The molecule has 0 aliphatic rings. The average molecular weight is 456 g/mol. The molecular weight excluding hydrogens is 429 g/mol. The molecule has 2 N–H and O–H groups in total. The minimum Gasteiger partial charge on any atom is -0.350 e. The summed E-state index contributed by atoms with van der Waals surface area (Å²) in [5.74, 6) is -0.680. The van der Waals surface area contributed by atoms with Crippen molar-refractivity contribution in [2.45, 2.75) is 17.9 Å². The summed E-state index contributed by atoms with van der Waals surface area (Å²) in [5, 5.41) is 2.83. The molecule has 6 nitrogen and oxygen atoms in total. The minimum atomic E-state index is -3.77. The highest BCUT2D eigenvalue weighted by atomic mass is 32.2. The lowest BCUT2D eigenvalue weighted by Crippen LogP contribution is -2.34. The standard InChI is InChI=1S/C24H26FN3O3S/c1-17-7-11-21(12-8-17)27-32(30,31)22-13-9-18(10-14-22)24(29)26-16-23(28(2)3)19-5-4-6-20(25)15-19/h4-15,23,27H,16H2,1-3H3,(H,26,29)/t23-/m1/s1. The highest BCUT2D eigenvalue weighted by Crippen LogP contribution is 2.19. The first-order valence-corrected chi connectivity index (χ1v) is 11.5. The number of hydrogen-bond acceptors (Lipinski definition) is 4. The number of nitrogens with zero attached hydrogens (tertiary/aromatic N) is 1. The number of hydrogen-bond donors (Lipinski definition) is 2. The van der Waals surface area contributed by atoms with Gasteiger partial charge in [0.2, 0.25) is 0 Å². The van der Waals surface area contributed by atoms with Gasteiger partial charge in [0, 0.05) is 17.8 Å². The Morgan fingerprint density at radius 2 is 1.66 bits per heavy atom. The first-order valence-electron chi connectivity index (χ1n) is 10.1. The van der Waals surface area contributed by atoms with E-state index in [-0.39, 0.29) is 29.2 Å². The van der Waals surface area contributed by atoms with Crippen molar-refractivity contribution in [3.63, 3.8) is 0 Å². The second kappa shape index (κ2) is 9.93. The second-order valence-corrected chi connectivity index (χ2v) is 9.42. The summed E-state index contributed by atoms with van der Waals surface area (Å²) in [6.07, 6.45) is 0. The lowest BCUT2D eigenvalue weighted by Gasteiger charge is -2.25. The van der Waals surface area contributed by atoms with Crippen molar-refractivity contribution in [3.8, 4) is 0 Å². The molecule has 0 aliphatic carbocycles. The van der Waals surface area contributed by atoms with E-state index in [0.717, 1.165) is 11.1 Å². The molecule has 3 rings (SSSR count). The number of benzene rings is 3. The van der Waals surface area contributed by atoms with Gasteiger partial charge in [-0.15, -0.1) is 0 Å². The summed E-state index contributed by atoms with van der Waals surface area (Å²) in [7, 11) is -0.0703. The molecule has 0 spiro atoms. The van der Waals surface area contributed by atoms with E-state index in [0.29, 0.717) is 11.3 Å². The van der Waals surface area contributed by atoms with Gasteiger partial charge in [-0.05, 0) is 75.1 Å². The molecule has 0 fully saturated rings. The number of rotatable bonds is 8.